The van der Waals surface area contributed by atoms with Crippen molar-refractivity contribution in [1.29, 1.82) is 0 Å². The van der Waals surface area contributed by atoms with Crippen LogP contribution in [0.15, 0.2) is 55.3 Å². The lowest BCUT2D eigenvalue weighted by Gasteiger charge is -2.44. The van der Waals surface area contributed by atoms with E-state index in [1.807, 2.05) is 14.1 Å². The fraction of sp³-hybridized carbons (Fsp3) is 0.286. The summed E-state index contributed by atoms with van der Waals surface area (Å²) in [5.74, 6) is 0.131. The number of fused-ring (bicyclic) bond motifs is 1. The number of hydrogen-bond acceptors (Lipinski definition) is 11. The first-order valence-corrected chi connectivity index (χ1v) is 14.2. The van der Waals surface area contributed by atoms with Crippen molar-refractivity contribution in [2.75, 3.05) is 39.6 Å². The number of imidazole rings is 1. The minimum atomic E-state index is -4.57. The number of anilines is 1. The van der Waals surface area contributed by atoms with Crippen LogP contribution < -0.4 is 20.7 Å². The van der Waals surface area contributed by atoms with E-state index in [1.165, 1.54) is 12.1 Å². The van der Waals surface area contributed by atoms with Crippen LogP contribution in [-0.4, -0.2) is 88.3 Å². The molecule has 3 aromatic rings. The molecule has 39 heavy (non-hydrogen) atoms. The summed E-state index contributed by atoms with van der Waals surface area (Å²) in [5.41, 5.74) is 7.67. The first-order chi connectivity index (χ1) is 18.1. The first-order valence-electron chi connectivity index (χ1n) is 11.2. The van der Waals surface area contributed by atoms with Crippen molar-refractivity contribution in [1.82, 2.24) is 14.7 Å². The summed E-state index contributed by atoms with van der Waals surface area (Å²) in [5, 5.41) is 28.7. The van der Waals surface area contributed by atoms with E-state index in [-0.39, 0.29) is 30.1 Å². The lowest BCUT2D eigenvalue weighted by Crippen LogP contribution is -2.67. The Hall–Kier alpha value is -3.97. The van der Waals surface area contributed by atoms with Crippen LogP contribution in [0.25, 0.3) is 22.2 Å². The Morgan fingerprint density at radius 1 is 1.15 bits per heavy atom. The Kier molecular flexibility index (Phi) is 7.17. The van der Waals surface area contributed by atoms with E-state index in [2.05, 4.69) is 29.9 Å². The summed E-state index contributed by atoms with van der Waals surface area (Å²) in [6.45, 7) is 1.11. The molecule has 2 aliphatic rings. The summed E-state index contributed by atoms with van der Waals surface area (Å²) in [6, 6.07) is 7.58. The molecule has 0 unspecified atom stereocenters. The second-order valence-corrected chi connectivity index (χ2v) is 12.6. The molecule has 3 heterocycles. The number of amidine groups is 1. The highest BCUT2D eigenvalue weighted by molar-refractivity contribution is 7.92. The Balaban J connectivity index is 0.000000826. The number of aromatic amines is 1. The lowest BCUT2D eigenvalue weighted by molar-refractivity contribution is -0.930. The van der Waals surface area contributed by atoms with Gasteiger partial charge in [-0.3, -0.25) is 0 Å². The zero-order chi connectivity index (χ0) is 28.8. The van der Waals surface area contributed by atoms with Crippen LogP contribution in [0.2, 0.25) is 0 Å². The van der Waals surface area contributed by atoms with E-state index in [0.29, 0.717) is 39.7 Å². The van der Waals surface area contributed by atoms with E-state index in [0.717, 1.165) is 0 Å². The van der Waals surface area contributed by atoms with Gasteiger partial charge in [-0.05, 0) is 17.7 Å². The van der Waals surface area contributed by atoms with Gasteiger partial charge >= 0.3 is 0 Å². The van der Waals surface area contributed by atoms with Crippen LogP contribution in [0.1, 0.15) is 5.56 Å². The number of aromatic nitrogens is 2. The number of aliphatic imine (C=N–C) groups is 1. The molecule has 1 aromatic heterocycles. The van der Waals surface area contributed by atoms with E-state index >= 15 is 0 Å². The monoisotopic (exact) mass is 579 g/mol. The number of quaternary nitrogens is 1. The van der Waals surface area contributed by atoms with E-state index in [4.69, 9.17) is 25.9 Å². The molecule has 0 bridgehead atoms. The average Bonchev–Trinajstić information content (AvgIpc) is 3.44. The molecule has 0 radical (unpaired) electrons. The van der Waals surface area contributed by atoms with Crippen LogP contribution in [0.3, 0.4) is 0 Å². The highest BCUT2D eigenvalue weighted by atomic mass is 32.2. The van der Waals surface area contributed by atoms with Gasteiger partial charge in [0, 0.05) is 5.56 Å². The maximum Gasteiger partial charge on any atom is 0.249 e. The number of nitrogens with two attached hydrogens (primary N) is 2. The number of nitrogens with one attached hydrogen (secondary N) is 2. The molecule has 18 heteroatoms. The minimum absolute atomic E-state index is 0.0251. The molecule has 0 aliphatic carbocycles. The van der Waals surface area contributed by atoms with Gasteiger partial charge in [-0.2, -0.15) is 9.84 Å². The van der Waals surface area contributed by atoms with Crippen molar-refractivity contribution in [2.24, 2.45) is 20.4 Å². The van der Waals surface area contributed by atoms with Crippen LogP contribution in [0, 0.1) is 0 Å². The number of H-pyrrole nitrogens is 1. The van der Waals surface area contributed by atoms with Crippen molar-refractivity contribution >= 4 is 49.0 Å². The van der Waals surface area contributed by atoms with Crippen LogP contribution in [0.5, 0.6) is 0 Å². The second-order valence-electron chi connectivity index (χ2n) is 9.43. The summed E-state index contributed by atoms with van der Waals surface area (Å²) in [4.78, 5) is 18.8. The third-order valence-corrected chi connectivity index (χ3v) is 8.63. The van der Waals surface area contributed by atoms with Gasteiger partial charge in [-0.1, -0.05) is 18.2 Å². The fourth-order valence-electron chi connectivity index (χ4n) is 4.63. The van der Waals surface area contributed by atoms with Gasteiger partial charge in [-0.25, -0.2) is 32.0 Å². The number of nitrogens with zero attached hydrogens (tertiary/aromatic N) is 5. The van der Waals surface area contributed by atoms with Crippen molar-refractivity contribution in [3.63, 3.8) is 0 Å². The largest absolute Gasteiger partial charge is 0.565 e. The Morgan fingerprint density at radius 3 is 2.38 bits per heavy atom. The maximum absolute atomic E-state index is 13.4. The number of primary sulfonamides is 1. The molecule has 5 rings (SSSR count). The first kappa shape index (κ1) is 28.0. The number of para-hydroxylation sites is 1. The second kappa shape index (κ2) is 9.97. The lowest BCUT2D eigenvalue weighted by atomic mass is 9.97. The molecule has 0 atom stereocenters. The van der Waals surface area contributed by atoms with Gasteiger partial charge in [0.05, 0.1) is 30.7 Å². The standard InChI is InChI=1S/C20H24N9O4S2.CH2O3/c1-29(2)8-11(9-29)28-35(32,33)15-7-6-12(13-4-3-5-14-17(13)26-20(21)25-14)16(18(15)34(22,30)31)19-23-10-24-27-19;2-1(3)4/h3-7,11,28H,8-10H2,1-2H3,(H3,21,25,26)(H2,22,30,31);(H2,2,3,4)/q+1;/p-1. The van der Waals surface area contributed by atoms with E-state index < -0.39 is 36.0 Å². The van der Waals surface area contributed by atoms with E-state index in [9.17, 15) is 16.8 Å². The predicted molar refractivity (Wildman–Crippen MR) is 138 cm³/mol. The molecular formula is C21H25N9O7S2. The van der Waals surface area contributed by atoms with Gasteiger partial charge in [0.15, 0.2) is 18.5 Å². The molecule has 0 spiro atoms. The van der Waals surface area contributed by atoms with Gasteiger partial charge in [0.2, 0.25) is 26.2 Å². The number of carbonyl (C=O) groups is 1. The quantitative estimate of drug-likeness (QED) is 0.230. The number of rotatable bonds is 6. The van der Waals surface area contributed by atoms with Gasteiger partial charge in [-0.15, -0.1) is 5.11 Å². The number of sulfonamides is 2. The molecular weight excluding hydrogens is 554 g/mol. The minimum Gasteiger partial charge on any atom is -0.565 e. The van der Waals surface area contributed by atoms with Gasteiger partial charge in [0.25, 0.3) is 0 Å². The number of carboxylic acid groups (broad SMARTS) is 2. The van der Waals surface area contributed by atoms with Crippen LogP contribution >= 0.6 is 0 Å². The summed E-state index contributed by atoms with van der Waals surface area (Å²) in [7, 11) is -4.89. The van der Waals surface area contributed by atoms with Crippen molar-refractivity contribution in [3.8, 4) is 11.1 Å². The molecule has 1 saturated heterocycles. The Morgan fingerprint density at radius 2 is 1.82 bits per heavy atom. The van der Waals surface area contributed by atoms with Gasteiger partial charge in [0.1, 0.15) is 28.9 Å². The molecule has 1 fully saturated rings. The number of nitrogen functional groups attached to an aromatic ring is 1. The number of likely N-dealkylation sites (N-methyl/N-ethyl adjacent to an activating group) is 1. The van der Waals surface area contributed by atoms with Gasteiger partial charge < -0.3 is 30.2 Å². The third-order valence-electron chi connectivity index (χ3n) is 5.94. The molecule has 0 amide bonds. The van der Waals surface area contributed by atoms with Crippen LogP contribution in [0.4, 0.5) is 10.7 Å². The van der Waals surface area contributed by atoms with Crippen LogP contribution in [-0.2, 0) is 20.0 Å². The van der Waals surface area contributed by atoms with E-state index in [1.54, 1.807) is 18.2 Å². The average molecular weight is 580 g/mol. The fourth-order valence-corrected chi connectivity index (χ4v) is 7.45. The maximum atomic E-state index is 13.4. The molecule has 7 N–H and O–H groups in total. The summed E-state index contributed by atoms with van der Waals surface area (Å²) < 4.78 is 55.8. The summed E-state index contributed by atoms with van der Waals surface area (Å²) >= 11 is 0. The topological polar surface area (TPSA) is 258 Å². The van der Waals surface area contributed by atoms with Crippen molar-refractivity contribution in [2.45, 2.75) is 15.8 Å². The molecule has 208 valence electrons. The Bertz CT molecular complexity index is 1730. The smallest absolute Gasteiger partial charge is 0.249 e. The third kappa shape index (κ3) is 5.88. The zero-order valence-electron chi connectivity index (χ0n) is 20.7. The molecule has 16 nitrogen and oxygen atoms in total. The highest BCUT2D eigenvalue weighted by Crippen LogP contribution is 2.37. The van der Waals surface area contributed by atoms with Crippen molar-refractivity contribution in [3.05, 3.63) is 35.9 Å². The number of benzene rings is 2. The predicted octanol–water partition coefficient (Wildman–Crippen LogP) is -0.746. The molecule has 2 aromatic carbocycles. The molecule has 0 saturated carbocycles. The number of azo groups is 1. The number of hydrogen-bond donors (Lipinski definition) is 5. The molecule has 2 aliphatic heterocycles. The number of likely N-dealkylation sites (tertiary alicyclic amines) is 1. The SMILES string of the molecule is C[N+]1(C)CC(NS(=O)(=O)c2ccc(-c3cccc4[nH]c(N)nc34)c(C3=NCN=N3)c2S(N)(=O)=O)C1.O=C([O-])O. The summed E-state index contributed by atoms with van der Waals surface area (Å²) in [6.07, 6.45) is -2.08. The highest BCUT2D eigenvalue weighted by Gasteiger charge is 2.41. The zero-order valence-corrected chi connectivity index (χ0v) is 22.3. The van der Waals surface area contributed by atoms with Crippen molar-refractivity contribution < 1.29 is 36.3 Å². The normalized spacial score (nSPS) is 16.8. The Labute approximate surface area is 222 Å².